The van der Waals surface area contributed by atoms with Crippen LogP contribution < -0.4 is 4.74 Å². The molecule has 3 rings (SSSR count). The number of para-hydroxylation sites is 1. The maximum atomic E-state index is 12.6. The van der Waals surface area contributed by atoms with Gasteiger partial charge in [0, 0.05) is 25.0 Å². The fraction of sp³-hybridized carbons (Fsp3) is 0.421. The molecule has 0 bridgehead atoms. The summed E-state index contributed by atoms with van der Waals surface area (Å²) in [6.45, 7) is 3.81. The molecule has 1 saturated heterocycles. The summed E-state index contributed by atoms with van der Waals surface area (Å²) < 4.78 is 32.5. The normalized spacial score (nSPS) is 15.7. The van der Waals surface area contributed by atoms with E-state index in [1.54, 1.807) is 28.2 Å². The SMILES string of the molecule is Cc1ccccc1OCCSc1ccc(S(=O)(=O)N2CCCCC2)cn1. The number of hydrogen-bond donors (Lipinski definition) is 0. The standard InChI is InChI=1S/C19H24N2O3S2/c1-16-7-3-4-8-18(16)24-13-14-25-19-10-9-17(15-20-19)26(22,23)21-11-5-2-6-12-21/h3-4,7-10,15H,2,5-6,11-14H2,1H3. The Labute approximate surface area is 159 Å². The van der Waals surface area contributed by atoms with E-state index < -0.39 is 10.0 Å². The molecule has 2 aromatic rings. The van der Waals surface area contributed by atoms with Crippen LogP contribution in [0.4, 0.5) is 0 Å². The van der Waals surface area contributed by atoms with Crippen LogP contribution in [-0.4, -0.2) is 43.2 Å². The third kappa shape index (κ3) is 4.78. The van der Waals surface area contributed by atoms with Crippen molar-refractivity contribution >= 4 is 21.8 Å². The van der Waals surface area contributed by atoms with Crippen LogP contribution in [-0.2, 0) is 10.0 Å². The molecule has 26 heavy (non-hydrogen) atoms. The molecule has 1 aromatic carbocycles. The van der Waals surface area contributed by atoms with Gasteiger partial charge in [-0.15, -0.1) is 11.8 Å². The van der Waals surface area contributed by atoms with Crippen molar-refractivity contribution in [3.05, 3.63) is 48.2 Å². The molecule has 0 aliphatic carbocycles. The zero-order valence-electron chi connectivity index (χ0n) is 14.9. The molecule has 7 heteroatoms. The monoisotopic (exact) mass is 392 g/mol. The van der Waals surface area contributed by atoms with Gasteiger partial charge in [-0.2, -0.15) is 4.31 Å². The lowest BCUT2D eigenvalue weighted by atomic mass is 10.2. The van der Waals surface area contributed by atoms with E-state index in [2.05, 4.69) is 4.98 Å². The van der Waals surface area contributed by atoms with Gasteiger partial charge in [0.05, 0.1) is 11.6 Å². The summed E-state index contributed by atoms with van der Waals surface area (Å²) in [5, 5.41) is 0.802. The minimum absolute atomic E-state index is 0.278. The summed E-state index contributed by atoms with van der Waals surface area (Å²) in [6, 6.07) is 11.3. The summed E-state index contributed by atoms with van der Waals surface area (Å²) in [5.74, 6) is 1.64. The van der Waals surface area contributed by atoms with Gasteiger partial charge in [0.2, 0.25) is 10.0 Å². The van der Waals surface area contributed by atoms with Crippen LogP contribution in [0.15, 0.2) is 52.5 Å². The first kappa shape index (κ1) is 19.2. The number of sulfonamides is 1. The van der Waals surface area contributed by atoms with Crippen molar-refractivity contribution in [3.8, 4) is 5.75 Å². The van der Waals surface area contributed by atoms with Crippen molar-refractivity contribution in [2.45, 2.75) is 36.1 Å². The van der Waals surface area contributed by atoms with Crippen LogP contribution in [0.1, 0.15) is 24.8 Å². The number of piperidine rings is 1. The molecule has 0 atom stereocenters. The van der Waals surface area contributed by atoms with E-state index in [1.807, 2.05) is 31.2 Å². The molecule has 0 unspecified atom stereocenters. The second-order valence-corrected chi connectivity index (χ2v) is 9.31. The van der Waals surface area contributed by atoms with Crippen molar-refractivity contribution in [2.24, 2.45) is 0 Å². The van der Waals surface area contributed by atoms with Gasteiger partial charge in [0.25, 0.3) is 0 Å². The average molecular weight is 393 g/mol. The first-order valence-electron chi connectivity index (χ1n) is 8.85. The summed E-state index contributed by atoms with van der Waals surface area (Å²) in [6.07, 6.45) is 4.43. The highest BCUT2D eigenvalue weighted by atomic mass is 32.2. The van der Waals surface area contributed by atoms with Gasteiger partial charge < -0.3 is 4.74 Å². The Morgan fingerprint density at radius 3 is 2.58 bits per heavy atom. The molecular weight excluding hydrogens is 368 g/mol. The third-order valence-electron chi connectivity index (χ3n) is 4.35. The molecule has 0 amide bonds. The number of aryl methyl sites for hydroxylation is 1. The molecule has 1 fully saturated rings. The highest BCUT2D eigenvalue weighted by molar-refractivity contribution is 7.99. The van der Waals surface area contributed by atoms with Gasteiger partial charge in [-0.1, -0.05) is 24.6 Å². The maximum Gasteiger partial charge on any atom is 0.244 e. The maximum absolute atomic E-state index is 12.6. The van der Waals surface area contributed by atoms with Crippen LogP contribution in [0.3, 0.4) is 0 Å². The van der Waals surface area contributed by atoms with E-state index in [4.69, 9.17) is 4.74 Å². The Balaban J connectivity index is 1.52. The van der Waals surface area contributed by atoms with Gasteiger partial charge in [-0.05, 0) is 43.5 Å². The fourth-order valence-electron chi connectivity index (χ4n) is 2.88. The van der Waals surface area contributed by atoms with E-state index in [-0.39, 0.29) is 4.90 Å². The van der Waals surface area contributed by atoms with Crippen molar-refractivity contribution in [1.29, 1.82) is 0 Å². The van der Waals surface area contributed by atoms with Crippen molar-refractivity contribution in [3.63, 3.8) is 0 Å². The van der Waals surface area contributed by atoms with E-state index in [1.165, 1.54) is 6.20 Å². The lowest BCUT2D eigenvalue weighted by molar-refractivity contribution is 0.341. The quantitative estimate of drug-likeness (QED) is 0.531. The second kappa shape index (κ2) is 8.88. The largest absolute Gasteiger partial charge is 0.492 e. The average Bonchev–Trinajstić information content (AvgIpc) is 2.67. The van der Waals surface area contributed by atoms with E-state index >= 15 is 0 Å². The number of pyridine rings is 1. The number of nitrogens with zero attached hydrogens (tertiary/aromatic N) is 2. The Morgan fingerprint density at radius 2 is 1.88 bits per heavy atom. The van der Waals surface area contributed by atoms with Crippen LogP contribution in [0.25, 0.3) is 0 Å². The Kier molecular flexibility index (Phi) is 6.56. The number of thioether (sulfide) groups is 1. The predicted molar refractivity (Wildman–Crippen MR) is 104 cm³/mol. The number of aromatic nitrogens is 1. The Hall–Kier alpha value is -1.57. The Morgan fingerprint density at radius 1 is 1.12 bits per heavy atom. The second-order valence-electron chi connectivity index (χ2n) is 6.26. The highest BCUT2D eigenvalue weighted by Gasteiger charge is 2.26. The lowest BCUT2D eigenvalue weighted by Gasteiger charge is -2.25. The summed E-state index contributed by atoms with van der Waals surface area (Å²) >= 11 is 1.56. The van der Waals surface area contributed by atoms with Gasteiger partial charge in [0.15, 0.2) is 0 Å². The summed E-state index contributed by atoms with van der Waals surface area (Å²) in [4.78, 5) is 4.58. The molecule has 0 spiro atoms. The zero-order chi connectivity index (χ0) is 18.4. The summed E-state index contributed by atoms with van der Waals surface area (Å²) in [7, 11) is -3.41. The molecule has 5 nitrogen and oxygen atoms in total. The first-order valence-corrected chi connectivity index (χ1v) is 11.3. The Bertz CT molecular complexity index is 817. The lowest BCUT2D eigenvalue weighted by Crippen LogP contribution is -2.35. The van der Waals surface area contributed by atoms with Gasteiger partial charge in [0.1, 0.15) is 10.6 Å². The minimum atomic E-state index is -3.41. The molecule has 0 radical (unpaired) electrons. The highest BCUT2D eigenvalue weighted by Crippen LogP contribution is 2.23. The van der Waals surface area contributed by atoms with Gasteiger partial charge >= 0.3 is 0 Å². The minimum Gasteiger partial charge on any atom is -0.492 e. The smallest absolute Gasteiger partial charge is 0.244 e. The zero-order valence-corrected chi connectivity index (χ0v) is 16.6. The van der Waals surface area contributed by atoms with E-state index in [9.17, 15) is 8.42 Å². The molecule has 2 heterocycles. The van der Waals surface area contributed by atoms with Crippen LogP contribution in [0, 0.1) is 6.92 Å². The van der Waals surface area contributed by atoms with E-state index in [0.717, 1.165) is 41.4 Å². The van der Waals surface area contributed by atoms with Crippen molar-refractivity contribution in [2.75, 3.05) is 25.4 Å². The van der Waals surface area contributed by atoms with Crippen molar-refractivity contribution in [1.82, 2.24) is 9.29 Å². The van der Waals surface area contributed by atoms with Gasteiger partial charge in [-0.3, -0.25) is 0 Å². The van der Waals surface area contributed by atoms with Crippen molar-refractivity contribution < 1.29 is 13.2 Å². The number of hydrogen-bond acceptors (Lipinski definition) is 5. The molecule has 0 N–H and O–H groups in total. The summed E-state index contributed by atoms with van der Waals surface area (Å²) in [5.41, 5.74) is 1.11. The first-order chi connectivity index (χ1) is 12.6. The van der Waals surface area contributed by atoms with E-state index in [0.29, 0.717) is 19.7 Å². The molecule has 1 aromatic heterocycles. The van der Waals surface area contributed by atoms with Crippen LogP contribution in [0.5, 0.6) is 5.75 Å². The predicted octanol–water partition coefficient (Wildman–Crippen LogP) is 3.74. The molecule has 0 saturated carbocycles. The molecule has 1 aliphatic heterocycles. The topological polar surface area (TPSA) is 59.5 Å². The van der Waals surface area contributed by atoms with Crippen LogP contribution >= 0.6 is 11.8 Å². The molecular formula is C19H24N2O3S2. The number of ether oxygens (including phenoxy) is 1. The fourth-order valence-corrected chi connectivity index (χ4v) is 5.01. The van der Waals surface area contributed by atoms with Gasteiger partial charge in [-0.25, -0.2) is 13.4 Å². The number of benzene rings is 1. The third-order valence-corrected chi connectivity index (χ3v) is 7.14. The van der Waals surface area contributed by atoms with Crippen LogP contribution in [0.2, 0.25) is 0 Å². The molecule has 1 aliphatic rings. The number of rotatable bonds is 7. The molecule has 140 valence electrons.